The van der Waals surface area contributed by atoms with Crippen LogP contribution in [0.3, 0.4) is 0 Å². The number of nitrogens with two attached hydrogens (primary N) is 2. The number of ether oxygens (including phenoxy) is 3. The molecule has 0 bridgehead atoms. The Labute approximate surface area is 214 Å². The van der Waals surface area contributed by atoms with Gasteiger partial charge in [0.05, 0.1) is 31.3 Å². The van der Waals surface area contributed by atoms with Crippen LogP contribution in [0.2, 0.25) is 0 Å². The van der Waals surface area contributed by atoms with Gasteiger partial charge in [0.2, 0.25) is 0 Å². The number of hydrogen-bond acceptors (Lipinski definition) is 8. The van der Waals surface area contributed by atoms with E-state index < -0.39 is 5.97 Å². The number of methoxy groups -OCH3 is 1. The van der Waals surface area contributed by atoms with Gasteiger partial charge in [-0.2, -0.15) is 0 Å². The maximum Gasteiger partial charge on any atom is 0.338 e. The highest BCUT2D eigenvalue weighted by Crippen LogP contribution is 2.26. The fraction of sp³-hybridized carbons (Fsp3) is 0.241. The van der Waals surface area contributed by atoms with Crippen molar-refractivity contribution in [2.75, 3.05) is 31.8 Å². The summed E-state index contributed by atoms with van der Waals surface area (Å²) < 4.78 is 22.3. The lowest BCUT2D eigenvalue weighted by Gasteiger charge is -2.08. The Morgan fingerprint density at radius 2 is 1.49 bits per heavy atom. The third kappa shape index (κ3) is 6.82. The normalized spacial score (nSPS) is 10.8. The largest absolute Gasteiger partial charge is 0.497 e. The molecule has 4 aromatic rings. The van der Waals surface area contributed by atoms with Crippen molar-refractivity contribution < 1.29 is 23.4 Å². The highest BCUT2D eigenvalue weighted by Gasteiger charge is 2.10. The van der Waals surface area contributed by atoms with Crippen molar-refractivity contribution in [1.29, 1.82) is 0 Å². The Bertz CT molecular complexity index is 1410. The molecule has 1 aromatic heterocycles. The van der Waals surface area contributed by atoms with E-state index in [1.54, 1.807) is 43.5 Å². The quantitative estimate of drug-likeness (QED) is 0.158. The van der Waals surface area contributed by atoms with E-state index >= 15 is 0 Å². The summed E-state index contributed by atoms with van der Waals surface area (Å²) in [4.78, 5) is 24.5. The van der Waals surface area contributed by atoms with Gasteiger partial charge in [-0.25, -0.2) is 4.79 Å². The molecule has 3 aromatic carbocycles. The van der Waals surface area contributed by atoms with Gasteiger partial charge < -0.3 is 30.1 Å². The molecule has 0 aliphatic rings. The first-order chi connectivity index (χ1) is 17.9. The number of unbranched alkanes of at least 4 members (excludes halogenated alkanes) is 3. The van der Waals surface area contributed by atoms with Gasteiger partial charge in [0.15, 0.2) is 5.43 Å². The number of anilines is 2. The molecule has 8 nitrogen and oxygen atoms in total. The summed E-state index contributed by atoms with van der Waals surface area (Å²) in [6.07, 6.45) is 3.51. The van der Waals surface area contributed by atoms with Gasteiger partial charge >= 0.3 is 5.97 Å². The van der Waals surface area contributed by atoms with Crippen LogP contribution in [0.4, 0.5) is 11.4 Å². The Balaban J connectivity index is 1.18. The molecule has 0 amide bonds. The van der Waals surface area contributed by atoms with Crippen LogP contribution in [0.5, 0.6) is 11.5 Å². The summed E-state index contributed by atoms with van der Waals surface area (Å²) in [6, 6.07) is 18.8. The van der Waals surface area contributed by atoms with Crippen molar-refractivity contribution in [3.63, 3.8) is 0 Å². The average Bonchev–Trinajstić information content (AvgIpc) is 2.89. The van der Waals surface area contributed by atoms with E-state index in [2.05, 4.69) is 0 Å². The first-order valence-corrected chi connectivity index (χ1v) is 12.1. The Morgan fingerprint density at radius 1 is 0.811 bits per heavy atom. The van der Waals surface area contributed by atoms with E-state index in [9.17, 15) is 9.59 Å². The zero-order chi connectivity index (χ0) is 26.2. The molecule has 0 saturated carbocycles. The van der Waals surface area contributed by atoms with E-state index in [0.717, 1.165) is 37.0 Å². The maximum atomic E-state index is 12.5. The highest BCUT2D eigenvalue weighted by atomic mass is 16.5. The van der Waals surface area contributed by atoms with Gasteiger partial charge in [0.1, 0.15) is 22.8 Å². The second-order valence-corrected chi connectivity index (χ2v) is 8.65. The third-order valence-corrected chi connectivity index (χ3v) is 5.83. The zero-order valence-electron chi connectivity index (χ0n) is 20.7. The molecular formula is C29H30N2O6. The molecule has 4 rings (SSSR count). The van der Waals surface area contributed by atoms with E-state index in [0.29, 0.717) is 52.6 Å². The van der Waals surface area contributed by atoms with Crippen LogP contribution in [-0.2, 0) is 4.74 Å². The van der Waals surface area contributed by atoms with Crippen molar-refractivity contribution in [3.8, 4) is 22.8 Å². The molecule has 8 heteroatoms. The minimum atomic E-state index is -0.423. The molecule has 0 aliphatic heterocycles. The lowest BCUT2D eigenvalue weighted by molar-refractivity contribution is 0.0497. The van der Waals surface area contributed by atoms with Crippen molar-refractivity contribution in [1.82, 2.24) is 0 Å². The summed E-state index contributed by atoms with van der Waals surface area (Å²) in [5.41, 5.74) is 13.8. The van der Waals surface area contributed by atoms with Gasteiger partial charge in [-0.15, -0.1) is 0 Å². The number of carbonyl (C=O) groups is 1. The molecule has 0 atom stereocenters. The van der Waals surface area contributed by atoms with Crippen LogP contribution in [-0.4, -0.2) is 26.3 Å². The van der Waals surface area contributed by atoms with E-state index in [1.807, 2.05) is 24.3 Å². The van der Waals surface area contributed by atoms with Gasteiger partial charge in [-0.05, 0) is 80.3 Å². The molecule has 0 saturated heterocycles. The number of hydrogen-bond donors (Lipinski definition) is 2. The molecule has 0 spiro atoms. The molecule has 0 fully saturated rings. The van der Waals surface area contributed by atoms with Crippen molar-refractivity contribution in [2.24, 2.45) is 0 Å². The van der Waals surface area contributed by atoms with Crippen LogP contribution in [0.25, 0.3) is 22.3 Å². The number of esters is 1. The molecular weight excluding hydrogens is 472 g/mol. The molecule has 4 N–H and O–H groups in total. The standard InChI is InChI=1S/C29H30N2O6/c1-34-24-10-11-25-26(32)18-27(37-28(25)17-24)19-6-8-23(9-7-19)35-12-4-2-3-5-13-36-29(33)20-14-21(30)16-22(31)15-20/h6-11,14-18H,2-5,12-13,30-31H2,1H3. The molecule has 0 aliphatic carbocycles. The highest BCUT2D eigenvalue weighted by molar-refractivity contribution is 5.91. The summed E-state index contributed by atoms with van der Waals surface area (Å²) in [6.45, 7) is 0.917. The second-order valence-electron chi connectivity index (χ2n) is 8.65. The number of benzene rings is 3. The molecule has 0 radical (unpaired) electrons. The third-order valence-electron chi connectivity index (χ3n) is 5.83. The topological polar surface area (TPSA) is 127 Å². The predicted octanol–water partition coefficient (Wildman–Crippen LogP) is 5.43. The Morgan fingerprint density at radius 3 is 2.19 bits per heavy atom. The van der Waals surface area contributed by atoms with Crippen LogP contribution in [0, 0.1) is 0 Å². The monoisotopic (exact) mass is 502 g/mol. The van der Waals surface area contributed by atoms with Crippen LogP contribution >= 0.6 is 0 Å². The predicted molar refractivity (Wildman–Crippen MR) is 144 cm³/mol. The first-order valence-electron chi connectivity index (χ1n) is 12.1. The van der Waals surface area contributed by atoms with E-state index in [4.69, 9.17) is 30.1 Å². The SMILES string of the molecule is COc1ccc2c(=O)cc(-c3ccc(OCCCCCCOC(=O)c4cc(N)cc(N)c4)cc3)oc2c1. The van der Waals surface area contributed by atoms with Crippen molar-refractivity contribution in [3.05, 3.63) is 82.5 Å². The van der Waals surface area contributed by atoms with E-state index in [-0.39, 0.29) is 5.43 Å². The van der Waals surface area contributed by atoms with Crippen LogP contribution in [0.15, 0.2) is 75.9 Å². The van der Waals surface area contributed by atoms with Crippen LogP contribution < -0.4 is 26.4 Å². The fourth-order valence-electron chi connectivity index (χ4n) is 3.91. The number of nitrogen functional groups attached to an aromatic ring is 2. The first kappa shape index (κ1) is 25.6. The van der Waals surface area contributed by atoms with Crippen LogP contribution in [0.1, 0.15) is 36.0 Å². The maximum absolute atomic E-state index is 12.5. The zero-order valence-corrected chi connectivity index (χ0v) is 20.7. The number of rotatable bonds is 11. The van der Waals surface area contributed by atoms with Gasteiger partial charge in [0.25, 0.3) is 0 Å². The molecule has 37 heavy (non-hydrogen) atoms. The molecule has 0 unspecified atom stereocenters. The minimum Gasteiger partial charge on any atom is -0.497 e. The summed E-state index contributed by atoms with van der Waals surface area (Å²) in [5.74, 6) is 1.43. The van der Waals surface area contributed by atoms with Gasteiger partial charge in [-0.3, -0.25) is 4.79 Å². The summed E-state index contributed by atoms with van der Waals surface area (Å²) in [7, 11) is 1.57. The Hall–Kier alpha value is -4.46. The lowest BCUT2D eigenvalue weighted by atomic mass is 10.1. The van der Waals surface area contributed by atoms with Gasteiger partial charge in [0, 0.05) is 29.1 Å². The molecule has 192 valence electrons. The lowest BCUT2D eigenvalue weighted by Crippen LogP contribution is -2.08. The van der Waals surface area contributed by atoms with E-state index in [1.165, 1.54) is 6.07 Å². The number of fused-ring (bicyclic) bond motifs is 1. The molecule has 1 heterocycles. The average molecular weight is 503 g/mol. The fourth-order valence-corrected chi connectivity index (χ4v) is 3.91. The minimum absolute atomic E-state index is 0.108. The summed E-state index contributed by atoms with van der Waals surface area (Å²) >= 11 is 0. The van der Waals surface area contributed by atoms with Crippen molar-refractivity contribution in [2.45, 2.75) is 25.7 Å². The van der Waals surface area contributed by atoms with Gasteiger partial charge in [-0.1, -0.05) is 0 Å². The number of carbonyl (C=O) groups excluding carboxylic acids is 1. The smallest absolute Gasteiger partial charge is 0.338 e. The Kier molecular flexibility index (Phi) is 8.30. The second kappa shape index (κ2) is 12.0. The summed E-state index contributed by atoms with van der Waals surface area (Å²) in [5, 5.41) is 0.509. The van der Waals surface area contributed by atoms with Crippen molar-refractivity contribution >= 4 is 28.3 Å².